The number of carbonyl (C=O) groups excluding carboxylic acids is 1. The SMILES string of the molecule is O=C(N1CCN(S(=O)(=O)c2c(Cl)cccc2Cl)CC1)C12C[C@@H]3C[C@H](CC(Cl)(C3)C1)C2. The van der Waals surface area contributed by atoms with E-state index in [9.17, 15) is 13.2 Å². The minimum Gasteiger partial charge on any atom is -0.340 e. The van der Waals surface area contributed by atoms with E-state index in [-0.39, 0.29) is 44.2 Å². The quantitative estimate of drug-likeness (QED) is 0.589. The number of nitrogens with zero attached hydrogens (tertiary/aromatic N) is 2. The highest BCUT2D eigenvalue weighted by molar-refractivity contribution is 7.89. The highest BCUT2D eigenvalue weighted by Gasteiger charge is 2.60. The molecule has 1 aromatic rings. The molecule has 4 saturated carbocycles. The molecular formula is C21H25Cl3N2O3S. The van der Waals surface area contributed by atoms with Gasteiger partial charge in [0, 0.05) is 31.1 Å². The Balaban J connectivity index is 1.31. The van der Waals surface area contributed by atoms with Gasteiger partial charge in [-0.2, -0.15) is 4.31 Å². The molecule has 0 aromatic heterocycles. The molecule has 1 aliphatic heterocycles. The van der Waals surface area contributed by atoms with Crippen LogP contribution in [0.4, 0.5) is 0 Å². The monoisotopic (exact) mass is 490 g/mol. The largest absolute Gasteiger partial charge is 0.340 e. The molecule has 5 fully saturated rings. The van der Waals surface area contributed by atoms with Crippen LogP contribution in [0, 0.1) is 17.3 Å². The molecular weight excluding hydrogens is 467 g/mol. The summed E-state index contributed by atoms with van der Waals surface area (Å²) in [6.45, 7) is 1.24. The Labute approximate surface area is 192 Å². The fourth-order valence-electron chi connectivity index (χ4n) is 6.73. The van der Waals surface area contributed by atoms with Crippen molar-refractivity contribution in [1.82, 2.24) is 9.21 Å². The van der Waals surface area contributed by atoms with E-state index in [4.69, 9.17) is 34.8 Å². The van der Waals surface area contributed by atoms with E-state index >= 15 is 0 Å². The second kappa shape index (κ2) is 7.24. The van der Waals surface area contributed by atoms with Gasteiger partial charge in [0.05, 0.1) is 15.5 Å². The van der Waals surface area contributed by atoms with Gasteiger partial charge >= 0.3 is 0 Å². The molecule has 5 nitrogen and oxygen atoms in total. The Kier molecular flexibility index (Phi) is 5.15. The summed E-state index contributed by atoms with van der Waals surface area (Å²) in [5.41, 5.74) is -0.348. The smallest absolute Gasteiger partial charge is 0.246 e. The van der Waals surface area contributed by atoms with Gasteiger partial charge in [-0.1, -0.05) is 29.3 Å². The second-order valence-electron chi connectivity index (χ2n) is 9.64. The normalized spacial score (nSPS) is 36.3. The van der Waals surface area contributed by atoms with Crippen LogP contribution in [0.1, 0.15) is 38.5 Å². The van der Waals surface area contributed by atoms with Gasteiger partial charge < -0.3 is 4.90 Å². The average molecular weight is 492 g/mol. The Hall–Kier alpha value is -0.530. The van der Waals surface area contributed by atoms with E-state index < -0.39 is 10.0 Å². The van der Waals surface area contributed by atoms with Crippen LogP contribution in [-0.4, -0.2) is 54.6 Å². The molecule has 1 amide bonds. The van der Waals surface area contributed by atoms with Crippen molar-refractivity contribution in [1.29, 1.82) is 0 Å². The van der Waals surface area contributed by atoms with Gasteiger partial charge in [0.1, 0.15) is 4.90 Å². The number of alkyl halides is 1. The summed E-state index contributed by atoms with van der Waals surface area (Å²) in [4.78, 5) is 15.2. The summed E-state index contributed by atoms with van der Waals surface area (Å²) in [6.07, 6.45) is 5.90. The standard InChI is InChI=1S/C21H25Cl3N2O3S/c22-16-2-1-3-17(23)18(16)30(28,29)26-6-4-25(5-7-26)19(27)20-9-14-8-15(10-20)12-21(24,11-14)13-20/h1-3,14-15H,4-13H2/t14-,15-,20?,21?/m0/s1. The third-order valence-corrected chi connectivity index (χ3v) is 10.8. The molecule has 2 atom stereocenters. The number of benzene rings is 1. The second-order valence-corrected chi connectivity index (χ2v) is 13.1. The van der Waals surface area contributed by atoms with Gasteiger partial charge in [0.25, 0.3) is 0 Å². The van der Waals surface area contributed by atoms with Crippen LogP contribution >= 0.6 is 34.8 Å². The lowest BCUT2D eigenvalue weighted by Crippen LogP contribution is -2.61. The molecule has 5 aliphatic rings. The highest BCUT2D eigenvalue weighted by atomic mass is 35.5. The number of sulfonamides is 1. The summed E-state index contributed by atoms with van der Waals surface area (Å²) in [5, 5.41) is 0.226. The van der Waals surface area contributed by atoms with Crippen LogP contribution < -0.4 is 0 Å². The number of carbonyl (C=O) groups is 1. The Bertz CT molecular complexity index is 957. The Morgan fingerprint density at radius 3 is 2.07 bits per heavy atom. The van der Waals surface area contributed by atoms with Gasteiger partial charge in [-0.15, -0.1) is 11.6 Å². The highest BCUT2D eigenvalue weighted by Crippen LogP contribution is 2.64. The van der Waals surface area contributed by atoms with Crippen molar-refractivity contribution in [2.45, 2.75) is 48.3 Å². The lowest BCUT2D eigenvalue weighted by atomic mass is 9.49. The van der Waals surface area contributed by atoms with E-state index in [1.165, 1.54) is 22.9 Å². The number of piperazine rings is 1. The molecule has 4 bridgehead atoms. The molecule has 0 unspecified atom stereocenters. The number of halogens is 3. The zero-order valence-electron chi connectivity index (χ0n) is 16.6. The topological polar surface area (TPSA) is 57.7 Å². The molecule has 4 aliphatic carbocycles. The van der Waals surface area contributed by atoms with Gasteiger partial charge in [-0.25, -0.2) is 8.42 Å². The Morgan fingerprint density at radius 2 is 1.53 bits per heavy atom. The fourth-order valence-corrected chi connectivity index (χ4v) is 9.93. The first-order valence-corrected chi connectivity index (χ1v) is 13.1. The van der Waals surface area contributed by atoms with Crippen molar-refractivity contribution in [3.8, 4) is 0 Å². The molecule has 164 valence electrons. The maximum Gasteiger partial charge on any atom is 0.246 e. The minimum absolute atomic E-state index is 0.0572. The predicted molar refractivity (Wildman–Crippen MR) is 117 cm³/mol. The van der Waals surface area contributed by atoms with Gasteiger partial charge in [-0.3, -0.25) is 4.79 Å². The molecule has 1 aromatic carbocycles. The van der Waals surface area contributed by atoms with Crippen molar-refractivity contribution >= 4 is 50.7 Å². The minimum atomic E-state index is -3.82. The number of amides is 1. The van der Waals surface area contributed by atoms with Crippen molar-refractivity contribution in [2.75, 3.05) is 26.2 Å². The van der Waals surface area contributed by atoms with Crippen molar-refractivity contribution in [3.63, 3.8) is 0 Å². The molecule has 30 heavy (non-hydrogen) atoms. The summed E-state index contributed by atoms with van der Waals surface area (Å²) in [5.74, 6) is 1.28. The number of rotatable bonds is 3. The van der Waals surface area contributed by atoms with Crippen LogP contribution in [0.15, 0.2) is 23.1 Å². The van der Waals surface area contributed by atoms with Crippen LogP contribution in [0.2, 0.25) is 10.0 Å². The van der Waals surface area contributed by atoms with Crippen LogP contribution in [0.5, 0.6) is 0 Å². The summed E-state index contributed by atoms with van der Waals surface area (Å²) in [6, 6.07) is 4.67. The van der Waals surface area contributed by atoms with Crippen molar-refractivity contribution in [2.24, 2.45) is 17.3 Å². The van der Waals surface area contributed by atoms with E-state index in [2.05, 4.69) is 0 Å². The van der Waals surface area contributed by atoms with E-state index in [0.29, 0.717) is 24.9 Å². The lowest BCUT2D eigenvalue weighted by molar-refractivity contribution is -0.157. The fraction of sp³-hybridized carbons (Fsp3) is 0.667. The third-order valence-electron chi connectivity index (χ3n) is 7.49. The van der Waals surface area contributed by atoms with Gasteiger partial charge in [0.15, 0.2) is 0 Å². The summed E-state index contributed by atoms with van der Waals surface area (Å²) in [7, 11) is -3.82. The van der Waals surface area contributed by atoms with Gasteiger partial charge in [-0.05, 0) is 62.5 Å². The summed E-state index contributed by atoms with van der Waals surface area (Å²) >= 11 is 19.2. The zero-order valence-corrected chi connectivity index (χ0v) is 19.7. The van der Waals surface area contributed by atoms with Crippen molar-refractivity contribution < 1.29 is 13.2 Å². The van der Waals surface area contributed by atoms with Crippen LogP contribution in [-0.2, 0) is 14.8 Å². The van der Waals surface area contributed by atoms with E-state index in [1.807, 2.05) is 4.90 Å². The first-order chi connectivity index (χ1) is 14.1. The number of hydrogen-bond acceptors (Lipinski definition) is 3. The van der Waals surface area contributed by atoms with E-state index in [1.54, 1.807) is 6.07 Å². The maximum atomic E-state index is 13.6. The van der Waals surface area contributed by atoms with Crippen LogP contribution in [0.25, 0.3) is 0 Å². The average Bonchev–Trinajstić information content (AvgIpc) is 2.65. The number of hydrogen-bond donors (Lipinski definition) is 0. The lowest BCUT2D eigenvalue weighted by Gasteiger charge is -2.60. The molecule has 0 N–H and O–H groups in total. The van der Waals surface area contributed by atoms with Crippen molar-refractivity contribution in [3.05, 3.63) is 28.2 Å². The molecule has 0 spiro atoms. The molecule has 6 rings (SSSR count). The molecule has 1 saturated heterocycles. The first kappa shape index (κ1) is 21.3. The van der Waals surface area contributed by atoms with Gasteiger partial charge in [0.2, 0.25) is 15.9 Å². The van der Waals surface area contributed by atoms with E-state index in [0.717, 1.165) is 32.1 Å². The first-order valence-electron chi connectivity index (χ1n) is 10.5. The van der Waals surface area contributed by atoms with Crippen LogP contribution in [0.3, 0.4) is 0 Å². The zero-order chi connectivity index (χ0) is 21.3. The Morgan fingerprint density at radius 1 is 0.967 bits per heavy atom. The maximum absolute atomic E-state index is 13.6. The summed E-state index contributed by atoms with van der Waals surface area (Å²) < 4.78 is 27.6. The molecule has 9 heteroatoms. The predicted octanol–water partition coefficient (Wildman–Crippen LogP) is 4.40. The molecule has 0 radical (unpaired) electrons. The third kappa shape index (κ3) is 3.38. The molecule has 1 heterocycles.